The van der Waals surface area contributed by atoms with Gasteiger partial charge in [-0.05, 0) is 56.2 Å². The summed E-state index contributed by atoms with van der Waals surface area (Å²) in [6.07, 6.45) is 4.74. The summed E-state index contributed by atoms with van der Waals surface area (Å²) >= 11 is 5.25. The molecule has 1 aromatic heterocycles. The molecule has 0 radical (unpaired) electrons. The molecule has 7 heteroatoms. The lowest BCUT2D eigenvalue weighted by Crippen LogP contribution is -2.01. The van der Waals surface area contributed by atoms with Crippen molar-refractivity contribution in [3.05, 3.63) is 34.4 Å². The van der Waals surface area contributed by atoms with Crippen LogP contribution >= 0.6 is 12.2 Å². The zero-order chi connectivity index (χ0) is 17.4. The minimum atomic E-state index is 0.494. The SMILES string of the molecule is CCCCc1n[nH]c(=S)n1/N=C\c1ccc(OCC)c(OCC)c1. The molecular weight excluding hydrogens is 324 g/mol. The van der Waals surface area contributed by atoms with Crippen molar-refractivity contribution in [2.75, 3.05) is 13.2 Å². The summed E-state index contributed by atoms with van der Waals surface area (Å²) in [5, 5.41) is 11.5. The van der Waals surface area contributed by atoms with E-state index in [1.165, 1.54) is 0 Å². The molecule has 1 N–H and O–H groups in total. The van der Waals surface area contributed by atoms with Crippen molar-refractivity contribution in [3.63, 3.8) is 0 Å². The number of H-pyrrole nitrogens is 1. The Morgan fingerprint density at radius 3 is 2.67 bits per heavy atom. The normalized spacial score (nSPS) is 11.1. The smallest absolute Gasteiger partial charge is 0.216 e. The van der Waals surface area contributed by atoms with Crippen LogP contribution in [0.5, 0.6) is 11.5 Å². The molecule has 1 aromatic carbocycles. The summed E-state index contributed by atoms with van der Waals surface area (Å²) in [6, 6.07) is 5.74. The predicted molar refractivity (Wildman–Crippen MR) is 97.8 cm³/mol. The topological polar surface area (TPSA) is 64.4 Å². The van der Waals surface area contributed by atoms with E-state index >= 15 is 0 Å². The first-order valence-corrected chi connectivity index (χ1v) is 8.70. The summed E-state index contributed by atoms with van der Waals surface area (Å²) < 4.78 is 13.4. The third-order valence-corrected chi connectivity index (χ3v) is 3.63. The Bertz CT molecular complexity index is 736. The number of ether oxygens (including phenoxy) is 2. The van der Waals surface area contributed by atoms with Crippen LogP contribution in [0.2, 0.25) is 0 Å². The molecule has 6 nitrogen and oxygen atoms in total. The largest absolute Gasteiger partial charge is 0.490 e. The zero-order valence-electron chi connectivity index (χ0n) is 14.4. The second-order valence-electron chi connectivity index (χ2n) is 5.18. The van der Waals surface area contributed by atoms with Crippen molar-refractivity contribution in [3.8, 4) is 11.5 Å². The number of hydrogen-bond donors (Lipinski definition) is 1. The van der Waals surface area contributed by atoms with Gasteiger partial charge in [-0.25, -0.2) is 0 Å². The van der Waals surface area contributed by atoms with Crippen molar-refractivity contribution in [2.45, 2.75) is 40.0 Å². The standard InChI is InChI=1S/C17H24N4O2S/c1-4-7-8-16-19-20-17(24)21(16)18-12-13-9-10-14(22-5-2)15(11-13)23-6-3/h9-12H,4-8H2,1-3H3,(H,20,24)/b18-12-. The van der Waals surface area contributed by atoms with Crippen LogP contribution in [0.25, 0.3) is 0 Å². The number of aromatic amines is 1. The quantitative estimate of drug-likeness (QED) is 0.550. The van der Waals surface area contributed by atoms with Crippen LogP contribution in [-0.2, 0) is 6.42 Å². The maximum absolute atomic E-state index is 5.64. The lowest BCUT2D eigenvalue weighted by atomic mass is 10.2. The lowest BCUT2D eigenvalue weighted by molar-refractivity contribution is 0.288. The monoisotopic (exact) mass is 348 g/mol. The molecule has 0 aliphatic heterocycles. The molecule has 0 amide bonds. The van der Waals surface area contributed by atoms with E-state index < -0.39 is 0 Å². The number of unbranched alkanes of at least 4 members (excludes halogenated alkanes) is 1. The van der Waals surface area contributed by atoms with E-state index in [1.807, 2.05) is 32.0 Å². The Balaban J connectivity index is 2.24. The number of hydrogen-bond acceptors (Lipinski definition) is 5. The van der Waals surface area contributed by atoms with E-state index in [2.05, 4.69) is 22.2 Å². The molecule has 0 atom stereocenters. The van der Waals surface area contributed by atoms with E-state index in [0.29, 0.717) is 23.7 Å². The second kappa shape index (κ2) is 9.22. The Morgan fingerprint density at radius 1 is 1.21 bits per heavy atom. The fourth-order valence-electron chi connectivity index (χ4n) is 2.21. The van der Waals surface area contributed by atoms with Crippen molar-refractivity contribution in [2.24, 2.45) is 5.10 Å². The Labute approximate surface area is 147 Å². The molecule has 24 heavy (non-hydrogen) atoms. The number of benzene rings is 1. The van der Waals surface area contributed by atoms with Crippen LogP contribution in [0.3, 0.4) is 0 Å². The number of nitrogens with zero attached hydrogens (tertiary/aromatic N) is 3. The van der Waals surface area contributed by atoms with Gasteiger partial charge in [-0.15, -0.1) is 0 Å². The van der Waals surface area contributed by atoms with Gasteiger partial charge in [0, 0.05) is 6.42 Å². The van der Waals surface area contributed by atoms with Gasteiger partial charge in [0.2, 0.25) is 4.77 Å². The van der Waals surface area contributed by atoms with Gasteiger partial charge >= 0.3 is 0 Å². The summed E-state index contributed by atoms with van der Waals surface area (Å²) in [6.45, 7) is 7.21. The fraction of sp³-hybridized carbons (Fsp3) is 0.471. The molecule has 0 saturated heterocycles. The Kier molecular flexibility index (Phi) is 6.99. The average molecular weight is 348 g/mol. The first kappa shape index (κ1) is 18.2. The Hall–Kier alpha value is -2.15. The molecule has 0 fully saturated rings. The molecule has 1 heterocycles. The number of aromatic nitrogens is 3. The summed E-state index contributed by atoms with van der Waals surface area (Å²) in [5.74, 6) is 2.29. The second-order valence-corrected chi connectivity index (χ2v) is 5.56. The highest BCUT2D eigenvalue weighted by atomic mass is 32.1. The summed E-state index contributed by atoms with van der Waals surface area (Å²) in [4.78, 5) is 0. The molecule has 0 unspecified atom stereocenters. The fourth-order valence-corrected chi connectivity index (χ4v) is 2.41. The first-order valence-electron chi connectivity index (χ1n) is 8.29. The van der Waals surface area contributed by atoms with Gasteiger partial charge in [-0.3, -0.25) is 5.10 Å². The lowest BCUT2D eigenvalue weighted by Gasteiger charge is -2.11. The van der Waals surface area contributed by atoms with Gasteiger partial charge in [0.15, 0.2) is 17.3 Å². The van der Waals surface area contributed by atoms with Crippen LogP contribution < -0.4 is 9.47 Å². The van der Waals surface area contributed by atoms with E-state index in [1.54, 1.807) is 10.9 Å². The molecule has 0 spiro atoms. The van der Waals surface area contributed by atoms with Crippen molar-refractivity contribution in [1.82, 2.24) is 14.9 Å². The maximum atomic E-state index is 5.64. The van der Waals surface area contributed by atoms with Crippen LogP contribution in [0.4, 0.5) is 0 Å². The number of nitrogens with one attached hydrogen (secondary N) is 1. The summed E-state index contributed by atoms with van der Waals surface area (Å²) in [7, 11) is 0. The highest BCUT2D eigenvalue weighted by molar-refractivity contribution is 7.71. The highest BCUT2D eigenvalue weighted by Crippen LogP contribution is 2.28. The van der Waals surface area contributed by atoms with E-state index in [9.17, 15) is 0 Å². The van der Waals surface area contributed by atoms with Crippen molar-refractivity contribution >= 4 is 18.4 Å². The predicted octanol–water partition coefficient (Wildman–Crippen LogP) is 3.96. The summed E-state index contributed by atoms with van der Waals surface area (Å²) in [5.41, 5.74) is 0.909. The number of rotatable bonds is 9. The minimum Gasteiger partial charge on any atom is -0.490 e. The van der Waals surface area contributed by atoms with Gasteiger partial charge in [0.1, 0.15) is 0 Å². The molecule has 0 bridgehead atoms. The third-order valence-electron chi connectivity index (χ3n) is 3.36. The van der Waals surface area contributed by atoms with E-state index in [0.717, 1.165) is 36.4 Å². The van der Waals surface area contributed by atoms with Gasteiger partial charge in [0.05, 0.1) is 19.4 Å². The van der Waals surface area contributed by atoms with Gasteiger partial charge < -0.3 is 9.47 Å². The molecular formula is C17H24N4O2S. The minimum absolute atomic E-state index is 0.494. The van der Waals surface area contributed by atoms with Crippen LogP contribution in [-0.4, -0.2) is 34.3 Å². The van der Waals surface area contributed by atoms with Crippen molar-refractivity contribution in [1.29, 1.82) is 0 Å². The molecule has 0 aliphatic carbocycles. The molecule has 130 valence electrons. The van der Waals surface area contributed by atoms with Crippen molar-refractivity contribution < 1.29 is 9.47 Å². The maximum Gasteiger partial charge on any atom is 0.216 e. The molecule has 0 saturated carbocycles. The third kappa shape index (κ3) is 4.67. The van der Waals surface area contributed by atoms with Gasteiger partial charge in [-0.2, -0.15) is 14.9 Å². The van der Waals surface area contributed by atoms with Gasteiger partial charge in [0.25, 0.3) is 0 Å². The molecule has 2 aromatic rings. The van der Waals surface area contributed by atoms with Gasteiger partial charge in [-0.1, -0.05) is 13.3 Å². The van der Waals surface area contributed by atoms with E-state index in [4.69, 9.17) is 21.7 Å². The van der Waals surface area contributed by atoms with Crippen LogP contribution in [0.15, 0.2) is 23.3 Å². The van der Waals surface area contributed by atoms with Crippen LogP contribution in [0, 0.1) is 4.77 Å². The first-order chi connectivity index (χ1) is 11.7. The van der Waals surface area contributed by atoms with Crippen LogP contribution in [0.1, 0.15) is 45.0 Å². The number of aryl methyl sites for hydroxylation is 1. The Morgan fingerprint density at radius 2 is 1.96 bits per heavy atom. The van der Waals surface area contributed by atoms with E-state index in [-0.39, 0.29) is 0 Å². The molecule has 0 aliphatic rings. The average Bonchev–Trinajstić information content (AvgIpc) is 2.93. The zero-order valence-corrected chi connectivity index (χ0v) is 15.2. The molecule has 2 rings (SSSR count). The highest BCUT2D eigenvalue weighted by Gasteiger charge is 2.06.